The molecule has 1 atom stereocenters. The summed E-state index contributed by atoms with van der Waals surface area (Å²) in [7, 11) is 0. The van der Waals surface area contributed by atoms with Crippen LogP contribution in [0, 0.1) is 0 Å². The van der Waals surface area contributed by atoms with Crippen LogP contribution in [0.15, 0.2) is 18.2 Å². The van der Waals surface area contributed by atoms with Crippen molar-refractivity contribution in [3.63, 3.8) is 0 Å². The maximum Gasteiger partial charge on any atom is 0.240 e. The molecule has 1 fully saturated rings. The SMILES string of the molecule is CC(NC(=O)C1(N)CC1)c1ccc2c(c1)CCCC2. The fraction of sp³-hybridized carbons (Fsp3) is 0.562. The van der Waals surface area contributed by atoms with Crippen LogP contribution >= 0.6 is 0 Å². The smallest absolute Gasteiger partial charge is 0.240 e. The summed E-state index contributed by atoms with van der Waals surface area (Å²) in [5, 5.41) is 3.04. The number of aryl methyl sites for hydroxylation is 2. The Labute approximate surface area is 114 Å². The number of nitrogens with one attached hydrogen (secondary N) is 1. The number of fused-ring (bicyclic) bond motifs is 1. The van der Waals surface area contributed by atoms with E-state index in [4.69, 9.17) is 5.73 Å². The van der Waals surface area contributed by atoms with E-state index >= 15 is 0 Å². The summed E-state index contributed by atoms with van der Waals surface area (Å²) in [5.41, 5.74) is 9.46. The van der Waals surface area contributed by atoms with Crippen molar-refractivity contribution < 1.29 is 4.79 Å². The highest BCUT2D eigenvalue weighted by atomic mass is 16.2. The first-order valence-electron chi connectivity index (χ1n) is 7.30. The van der Waals surface area contributed by atoms with Crippen LogP contribution in [0.4, 0.5) is 0 Å². The lowest BCUT2D eigenvalue weighted by atomic mass is 9.89. The third kappa shape index (κ3) is 2.52. The van der Waals surface area contributed by atoms with Crippen molar-refractivity contribution in [2.24, 2.45) is 5.73 Å². The molecule has 0 aliphatic heterocycles. The van der Waals surface area contributed by atoms with Crippen LogP contribution in [0.2, 0.25) is 0 Å². The molecule has 0 heterocycles. The van der Waals surface area contributed by atoms with Gasteiger partial charge in [-0.3, -0.25) is 4.79 Å². The van der Waals surface area contributed by atoms with Gasteiger partial charge in [0.25, 0.3) is 0 Å². The van der Waals surface area contributed by atoms with Crippen LogP contribution in [0.5, 0.6) is 0 Å². The highest BCUT2D eigenvalue weighted by Crippen LogP contribution is 2.33. The fourth-order valence-electron chi connectivity index (χ4n) is 2.81. The second-order valence-electron chi connectivity index (χ2n) is 6.09. The van der Waals surface area contributed by atoms with Gasteiger partial charge < -0.3 is 11.1 Å². The molecule has 0 spiro atoms. The summed E-state index contributed by atoms with van der Waals surface area (Å²) in [5.74, 6) is -0.00211. The molecule has 1 saturated carbocycles. The minimum Gasteiger partial charge on any atom is -0.348 e. The predicted molar refractivity (Wildman–Crippen MR) is 75.8 cm³/mol. The molecule has 2 aliphatic rings. The van der Waals surface area contributed by atoms with E-state index in [-0.39, 0.29) is 11.9 Å². The van der Waals surface area contributed by atoms with Gasteiger partial charge in [0.15, 0.2) is 0 Å². The van der Waals surface area contributed by atoms with Crippen molar-refractivity contribution in [1.29, 1.82) is 0 Å². The maximum atomic E-state index is 12.0. The van der Waals surface area contributed by atoms with E-state index < -0.39 is 5.54 Å². The lowest BCUT2D eigenvalue weighted by molar-refractivity contribution is -0.123. The van der Waals surface area contributed by atoms with Crippen molar-refractivity contribution in [3.05, 3.63) is 34.9 Å². The summed E-state index contributed by atoms with van der Waals surface area (Å²) in [6, 6.07) is 6.67. The average Bonchev–Trinajstić information content (AvgIpc) is 3.17. The minimum absolute atomic E-state index is 0.00211. The largest absolute Gasteiger partial charge is 0.348 e. The molecule has 3 N–H and O–H groups in total. The lowest BCUT2D eigenvalue weighted by Crippen LogP contribution is -2.43. The number of rotatable bonds is 3. The average molecular weight is 258 g/mol. The van der Waals surface area contributed by atoms with E-state index in [0.29, 0.717) is 0 Å². The van der Waals surface area contributed by atoms with Crippen molar-refractivity contribution in [2.75, 3.05) is 0 Å². The molecule has 1 unspecified atom stereocenters. The van der Waals surface area contributed by atoms with Gasteiger partial charge in [-0.2, -0.15) is 0 Å². The molecule has 3 rings (SSSR count). The predicted octanol–water partition coefficient (Wildman–Crippen LogP) is 2.23. The number of hydrogen-bond acceptors (Lipinski definition) is 2. The van der Waals surface area contributed by atoms with Gasteiger partial charge in [-0.1, -0.05) is 18.2 Å². The zero-order valence-electron chi connectivity index (χ0n) is 11.5. The lowest BCUT2D eigenvalue weighted by Gasteiger charge is -2.21. The van der Waals surface area contributed by atoms with Gasteiger partial charge in [0.05, 0.1) is 11.6 Å². The summed E-state index contributed by atoms with van der Waals surface area (Å²) in [4.78, 5) is 12.0. The Morgan fingerprint density at radius 1 is 1.26 bits per heavy atom. The maximum absolute atomic E-state index is 12.0. The molecule has 0 bridgehead atoms. The molecular weight excluding hydrogens is 236 g/mol. The van der Waals surface area contributed by atoms with Crippen molar-refractivity contribution in [3.8, 4) is 0 Å². The second-order valence-corrected chi connectivity index (χ2v) is 6.09. The molecule has 102 valence electrons. The monoisotopic (exact) mass is 258 g/mol. The third-order valence-electron chi connectivity index (χ3n) is 4.46. The minimum atomic E-state index is -0.581. The molecule has 0 aromatic heterocycles. The van der Waals surface area contributed by atoms with Crippen molar-refractivity contribution in [1.82, 2.24) is 5.32 Å². The number of carbonyl (C=O) groups excluding carboxylic acids is 1. The molecule has 1 amide bonds. The fourth-order valence-corrected chi connectivity index (χ4v) is 2.81. The van der Waals surface area contributed by atoms with Crippen LogP contribution in [0.1, 0.15) is 55.3 Å². The van der Waals surface area contributed by atoms with Crippen molar-refractivity contribution in [2.45, 2.75) is 57.0 Å². The van der Waals surface area contributed by atoms with Gasteiger partial charge in [-0.25, -0.2) is 0 Å². The van der Waals surface area contributed by atoms with Crippen LogP contribution in [0.25, 0.3) is 0 Å². The Bertz CT molecular complexity index is 505. The highest BCUT2D eigenvalue weighted by Gasteiger charge is 2.46. The summed E-state index contributed by atoms with van der Waals surface area (Å²) < 4.78 is 0. The first-order chi connectivity index (χ1) is 9.08. The van der Waals surface area contributed by atoms with Gasteiger partial charge in [-0.05, 0) is 62.1 Å². The Morgan fingerprint density at radius 2 is 1.95 bits per heavy atom. The van der Waals surface area contributed by atoms with E-state index in [1.54, 1.807) is 0 Å². The van der Waals surface area contributed by atoms with E-state index in [1.807, 2.05) is 6.92 Å². The number of carbonyl (C=O) groups is 1. The first-order valence-corrected chi connectivity index (χ1v) is 7.30. The summed E-state index contributed by atoms with van der Waals surface area (Å²) in [6.45, 7) is 2.04. The number of amides is 1. The standard InChI is InChI=1S/C16H22N2O/c1-11(18-15(19)16(17)8-9-16)13-7-6-12-4-2-3-5-14(12)10-13/h6-7,10-11H,2-5,8-9,17H2,1H3,(H,18,19). The summed E-state index contributed by atoms with van der Waals surface area (Å²) in [6.07, 6.45) is 6.58. The molecule has 19 heavy (non-hydrogen) atoms. The van der Waals surface area contributed by atoms with Gasteiger partial charge >= 0.3 is 0 Å². The molecule has 1 aromatic rings. The highest BCUT2D eigenvalue weighted by molar-refractivity contribution is 5.89. The van der Waals surface area contributed by atoms with Crippen molar-refractivity contribution >= 4 is 5.91 Å². The zero-order chi connectivity index (χ0) is 13.5. The van der Waals surface area contributed by atoms with E-state index in [1.165, 1.54) is 42.4 Å². The zero-order valence-corrected chi connectivity index (χ0v) is 11.5. The number of benzene rings is 1. The van der Waals surface area contributed by atoms with E-state index in [0.717, 1.165) is 12.8 Å². The summed E-state index contributed by atoms with van der Waals surface area (Å²) >= 11 is 0. The Morgan fingerprint density at radius 3 is 2.63 bits per heavy atom. The topological polar surface area (TPSA) is 55.1 Å². The van der Waals surface area contributed by atoms with Gasteiger partial charge in [0.1, 0.15) is 0 Å². The van der Waals surface area contributed by atoms with Crippen LogP contribution in [-0.4, -0.2) is 11.4 Å². The molecular formula is C16H22N2O. The van der Waals surface area contributed by atoms with E-state index in [9.17, 15) is 4.79 Å². The van der Waals surface area contributed by atoms with Gasteiger partial charge in [0, 0.05) is 0 Å². The molecule has 1 aromatic carbocycles. The second kappa shape index (κ2) is 4.64. The molecule has 3 heteroatoms. The molecule has 0 radical (unpaired) electrons. The van der Waals surface area contributed by atoms with Crippen LogP contribution in [-0.2, 0) is 17.6 Å². The quantitative estimate of drug-likeness (QED) is 0.873. The van der Waals surface area contributed by atoms with Gasteiger partial charge in [-0.15, -0.1) is 0 Å². The molecule has 0 saturated heterocycles. The van der Waals surface area contributed by atoms with Crippen LogP contribution < -0.4 is 11.1 Å². The Hall–Kier alpha value is -1.35. The number of nitrogens with two attached hydrogens (primary N) is 1. The first kappa shape index (κ1) is 12.7. The molecule has 2 aliphatic carbocycles. The van der Waals surface area contributed by atoms with Gasteiger partial charge in [0.2, 0.25) is 5.91 Å². The van der Waals surface area contributed by atoms with E-state index in [2.05, 4.69) is 23.5 Å². The molecule has 3 nitrogen and oxygen atoms in total. The third-order valence-corrected chi connectivity index (χ3v) is 4.46. The Kier molecular flexibility index (Phi) is 3.09. The number of hydrogen-bond donors (Lipinski definition) is 2. The Balaban J connectivity index is 1.72. The normalized spacial score (nSPS) is 21.4. The van der Waals surface area contributed by atoms with Crippen LogP contribution in [0.3, 0.4) is 0 Å².